The molecule has 3 heteroatoms. The van der Waals surface area contributed by atoms with Crippen molar-refractivity contribution in [1.82, 2.24) is 0 Å². The summed E-state index contributed by atoms with van der Waals surface area (Å²) < 4.78 is 17.7. The zero-order valence-corrected chi connectivity index (χ0v) is 14.7. The van der Waals surface area contributed by atoms with Gasteiger partial charge in [-0.2, -0.15) is 0 Å². The van der Waals surface area contributed by atoms with Gasteiger partial charge in [0.1, 0.15) is 11.5 Å². The molecule has 3 nitrogen and oxygen atoms in total. The maximum atomic E-state index is 5.98. The predicted molar refractivity (Wildman–Crippen MR) is 98.0 cm³/mol. The molecule has 0 radical (unpaired) electrons. The SMILES string of the molecule is c1cc(C2CCCCO2)ccc1Oc1ccc(C2CCCCO2)cc1. The molecule has 25 heavy (non-hydrogen) atoms. The van der Waals surface area contributed by atoms with E-state index in [2.05, 4.69) is 24.3 Å². The quantitative estimate of drug-likeness (QED) is 0.688. The van der Waals surface area contributed by atoms with Crippen molar-refractivity contribution in [2.75, 3.05) is 13.2 Å². The molecule has 2 fully saturated rings. The van der Waals surface area contributed by atoms with Gasteiger partial charge in [0.2, 0.25) is 0 Å². The van der Waals surface area contributed by atoms with E-state index in [0.717, 1.165) is 37.6 Å². The van der Waals surface area contributed by atoms with Gasteiger partial charge < -0.3 is 14.2 Å². The Morgan fingerprint density at radius 2 is 1.04 bits per heavy atom. The van der Waals surface area contributed by atoms with Crippen LogP contribution in [-0.2, 0) is 9.47 Å². The Labute approximate surface area is 149 Å². The molecule has 0 spiro atoms. The van der Waals surface area contributed by atoms with Gasteiger partial charge in [-0.3, -0.25) is 0 Å². The molecule has 0 N–H and O–H groups in total. The third-order valence-corrected chi connectivity index (χ3v) is 5.10. The monoisotopic (exact) mass is 338 g/mol. The minimum absolute atomic E-state index is 0.248. The summed E-state index contributed by atoms with van der Waals surface area (Å²) in [7, 11) is 0. The first-order valence-electron chi connectivity index (χ1n) is 9.49. The van der Waals surface area contributed by atoms with E-state index in [1.807, 2.05) is 24.3 Å². The van der Waals surface area contributed by atoms with Crippen LogP contribution in [0.2, 0.25) is 0 Å². The number of hydrogen-bond donors (Lipinski definition) is 0. The lowest BCUT2D eigenvalue weighted by atomic mass is 10.0. The smallest absolute Gasteiger partial charge is 0.127 e. The van der Waals surface area contributed by atoms with E-state index in [4.69, 9.17) is 14.2 Å². The van der Waals surface area contributed by atoms with Gasteiger partial charge in [-0.15, -0.1) is 0 Å². The highest BCUT2D eigenvalue weighted by molar-refractivity contribution is 5.35. The Balaban J connectivity index is 1.38. The van der Waals surface area contributed by atoms with Crippen LogP contribution >= 0.6 is 0 Å². The molecule has 0 bridgehead atoms. The Hall–Kier alpha value is -1.84. The van der Waals surface area contributed by atoms with Gasteiger partial charge in [-0.05, 0) is 73.9 Å². The second-order valence-corrected chi connectivity index (χ2v) is 6.95. The van der Waals surface area contributed by atoms with E-state index in [1.54, 1.807) is 0 Å². The highest BCUT2D eigenvalue weighted by atomic mass is 16.5. The average Bonchev–Trinajstić information content (AvgIpc) is 2.71. The van der Waals surface area contributed by atoms with E-state index < -0.39 is 0 Å². The van der Waals surface area contributed by atoms with Gasteiger partial charge in [-0.1, -0.05) is 24.3 Å². The van der Waals surface area contributed by atoms with Crippen LogP contribution in [0.25, 0.3) is 0 Å². The summed E-state index contributed by atoms with van der Waals surface area (Å²) in [6.45, 7) is 1.75. The van der Waals surface area contributed by atoms with Gasteiger partial charge in [0.25, 0.3) is 0 Å². The molecule has 132 valence electrons. The summed E-state index contributed by atoms with van der Waals surface area (Å²) in [4.78, 5) is 0. The summed E-state index contributed by atoms with van der Waals surface area (Å²) in [5.74, 6) is 1.72. The molecule has 2 unspecified atom stereocenters. The van der Waals surface area contributed by atoms with Crippen molar-refractivity contribution < 1.29 is 14.2 Å². The van der Waals surface area contributed by atoms with Crippen LogP contribution in [0.3, 0.4) is 0 Å². The largest absolute Gasteiger partial charge is 0.457 e. The second kappa shape index (κ2) is 8.03. The van der Waals surface area contributed by atoms with E-state index in [9.17, 15) is 0 Å². The molecule has 0 amide bonds. The Morgan fingerprint density at radius 3 is 1.40 bits per heavy atom. The maximum absolute atomic E-state index is 5.98. The maximum Gasteiger partial charge on any atom is 0.127 e. The average molecular weight is 338 g/mol. The molecule has 2 atom stereocenters. The zero-order valence-electron chi connectivity index (χ0n) is 14.7. The Bertz CT molecular complexity index is 591. The van der Waals surface area contributed by atoms with Crippen LogP contribution in [0.15, 0.2) is 48.5 Å². The van der Waals surface area contributed by atoms with Crippen molar-refractivity contribution in [3.05, 3.63) is 59.7 Å². The summed E-state index contributed by atoms with van der Waals surface area (Å²) in [5.41, 5.74) is 2.49. The van der Waals surface area contributed by atoms with E-state index >= 15 is 0 Å². The number of ether oxygens (including phenoxy) is 3. The van der Waals surface area contributed by atoms with Gasteiger partial charge in [-0.25, -0.2) is 0 Å². The van der Waals surface area contributed by atoms with Crippen molar-refractivity contribution in [2.24, 2.45) is 0 Å². The Morgan fingerprint density at radius 1 is 0.600 bits per heavy atom. The molecule has 4 rings (SSSR count). The Kier molecular flexibility index (Phi) is 5.34. The second-order valence-electron chi connectivity index (χ2n) is 6.95. The topological polar surface area (TPSA) is 27.7 Å². The lowest BCUT2D eigenvalue weighted by Gasteiger charge is -2.23. The first-order chi connectivity index (χ1) is 12.4. The highest BCUT2D eigenvalue weighted by Gasteiger charge is 2.17. The number of rotatable bonds is 4. The fourth-order valence-electron chi connectivity index (χ4n) is 3.64. The van der Waals surface area contributed by atoms with Gasteiger partial charge in [0.15, 0.2) is 0 Å². The van der Waals surface area contributed by atoms with E-state index in [1.165, 1.54) is 36.8 Å². The molecule has 0 aliphatic carbocycles. The zero-order chi connectivity index (χ0) is 16.9. The van der Waals surface area contributed by atoms with Crippen LogP contribution in [0, 0.1) is 0 Å². The molecule has 0 saturated carbocycles. The van der Waals surface area contributed by atoms with Crippen molar-refractivity contribution in [3.63, 3.8) is 0 Å². The third-order valence-electron chi connectivity index (χ3n) is 5.10. The standard InChI is InChI=1S/C22H26O3/c1-3-15-23-21(5-1)17-7-11-19(12-8-17)25-20-13-9-18(10-14-20)22-6-2-4-16-24-22/h7-14,21-22H,1-6,15-16H2. The molecule has 2 aromatic rings. The molecule has 2 heterocycles. The minimum Gasteiger partial charge on any atom is -0.457 e. The summed E-state index contributed by atoms with van der Waals surface area (Å²) in [5, 5.41) is 0. The summed E-state index contributed by atoms with van der Waals surface area (Å²) >= 11 is 0. The van der Waals surface area contributed by atoms with Gasteiger partial charge >= 0.3 is 0 Å². The molecule has 2 aromatic carbocycles. The number of benzene rings is 2. The lowest BCUT2D eigenvalue weighted by Crippen LogP contribution is -2.11. The summed E-state index contributed by atoms with van der Waals surface area (Å²) in [6, 6.07) is 16.6. The summed E-state index contributed by atoms with van der Waals surface area (Å²) in [6.07, 6.45) is 7.59. The molecule has 2 aliphatic rings. The van der Waals surface area contributed by atoms with Crippen LogP contribution in [-0.4, -0.2) is 13.2 Å². The molecule has 2 saturated heterocycles. The lowest BCUT2D eigenvalue weighted by molar-refractivity contribution is 0.0149. The predicted octanol–water partition coefficient (Wildman–Crippen LogP) is 5.96. The van der Waals surface area contributed by atoms with Crippen LogP contribution < -0.4 is 4.74 Å². The molecule has 0 aromatic heterocycles. The third kappa shape index (κ3) is 4.23. The van der Waals surface area contributed by atoms with Gasteiger partial charge in [0, 0.05) is 13.2 Å². The van der Waals surface area contributed by atoms with Crippen LogP contribution in [0.1, 0.15) is 61.9 Å². The molecular weight excluding hydrogens is 312 g/mol. The van der Waals surface area contributed by atoms with Crippen LogP contribution in [0.5, 0.6) is 11.5 Å². The van der Waals surface area contributed by atoms with E-state index in [0.29, 0.717) is 0 Å². The highest BCUT2D eigenvalue weighted by Crippen LogP contribution is 2.32. The first-order valence-corrected chi connectivity index (χ1v) is 9.49. The molecular formula is C22H26O3. The fourth-order valence-corrected chi connectivity index (χ4v) is 3.64. The van der Waals surface area contributed by atoms with Crippen molar-refractivity contribution in [2.45, 2.75) is 50.7 Å². The van der Waals surface area contributed by atoms with Crippen LogP contribution in [0.4, 0.5) is 0 Å². The van der Waals surface area contributed by atoms with Crippen molar-refractivity contribution in [3.8, 4) is 11.5 Å². The first kappa shape index (κ1) is 16.6. The van der Waals surface area contributed by atoms with Crippen molar-refractivity contribution >= 4 is 0 Å². The van der Waals surface area contributed by atoms with E-state index in [-0.39, 0.29) is 12.2 Å². The number of hydrogen-bond acceptors (Lipinski definition) is 3. The molecule has 2 aliphatic heterocycles. The minimum atomic E-state index is 0.248. The fraction of sp³-hybridized carbons (Fsp3) is 0.455. The normalized spacial score (nSPS) is 24.0. The van der Waals surface area contributed by atoms with Crippen molar-refractivity contribution in [1.29, 1.82) is 0 Å². The van der Waals surface area contributed by atoms with Gasteiger partial charge in [0.05, 0.1) is 12.2 Å².